The molecule has 0 aromatic carbocycles. The van der Waals surface area contributed by atoms with E-state index in [9.17, 15) is 9.59 Å². The number of urea groups is 1. The van der Waals surface area contributed by atoms with Crippen molar-refractivity contribution in [1.29, 1.82) is 0 Å². The number of carbonyl (C=O) groups excluding carboxylic acids is 1. The molecular formula is C15H24N2O3S. The van der Waals surface area contributed by atoms with E-state index in [1.54, 1.807) is 23.3 Å². The zero-order valence-electron chi connectivity index (χ0n) is 12.8. The molecule has 21 heavy (non-hydrogen) atoms. The minimum Gasteiger partial charge on any atom is -0.481 e. The molecule has 1 rings (SSSR count). The summed E-state index contributed by atoms with van der Waals surface area (Å²) in [6, 6.07) is 4.02. The SMILES string of the molecule is CCC(CNC(=O)N(C)C(C)Cc1cccs1)CC(=O)O. The van der Waals surface area contributed by atoms with Gasteiger partial charge in [0.1, 0.15) is 0 Å². The van der Waals surface area contributed by atoms with E-state index in [4.69, 9.17) is 5.11 Å². The van der Waals surface area contributed by atoms with E-state index in [2.05, 4.69) is 11.4 Å². The van der Waals surface area contributed by atoms with Gasteiger partial charge in [-0.3, -0.25) is 4.79 Å². The molecule has 0 aliphatic carbocycles. The second-order valence-corrected chi connectivity index (χ2v) is 6.33. The molecule has 2 amide bonds. The van der Waals surface area contributed by atoms with E-state index in [0.29, 0.717) is 6.54 Å². The van der Waals surface area contributed by atoms with Crippen LogP contribution in [0.2, 0.25) is 0 Å². The molecule has 0 saturated heterocycles. The molecule has 1 aromatic heterocycles. The summed E-state index contributed by atoms with van der Waals surface area (Å²) in [6.07, 6.45) is 1.65. The van der Waals surface area contributed by atoms with E-state index in [-0.39, 0.29) is 24.4 Å². The van der Waals surface area contributed by atoms with Crippen LogP contribution in [0.25, 0.3) is 0 Å². The molecule has 6 heteroatoms. The normalized spacial score (nSPS) is 13.5. The number of carboxylic acid groups (broad SMARTS) is 1. The molecule has 0 bridgehead atoms. The van der Waals surface area contributed by atoms with Crippen LogP contribution >= 0.6 is 11.3 Å². The van der Waals surface area contributed by atoms with Gasteiger partial charge in [0.25, 0.3) is 0 Å². The summed E-state index contributed by atoms with van der Waals surface area (Å²) in [4.78, 5) is 25.7. The van der Waals surface area contributed by atoms with E-state index in [1.807, 2.05) is 25.3 Å². The Morgan fingerprint density at radius 3 is 2.71 bits per heavy atom. The fraction of sp³-hybridized carbons (Fsp3) is 0.600. The Kier molecular flexibility index (Phi) is 7.22. The average Bonchev–Trinajstić information content (AvgIpc) is 2.94. The number of carbonyl (C=O) groups is 2. The number of carboxylic acids is 1. The molecule has 2 unspecified atom stereocenters. The molecular weight excluding hydrogens is 288 g/mol. The van der Waals surface area contributed by atoms with Gasteiger partial charge in [-0.15, -0.1) is 11.3 Å². The van der Waals surface area contributed by atoms with Crippen LogP contribution in [0.3, 0.4) is 0 Å². The molecule has 0 saturated carbocycles. The third-order valence-electron chi connectivity index (χ3n) is 3.64. The lowest BCUT2D eigenvalue weighted by atomic mass is 10.0. The van der Waals surface area contributed by atoms with Gasteiger partial charge in [0.15, 0.2) is 0 Å². The minimum absolute atomic E-state index is 0.0209. The second kappa shape index (κ2) is 8.67. The number of thiophene rings is 1. The minimum atomic E-state index is -0.824. The molecule has 5 nitrogen and oxygen atoms in total. The zero-order valence-corrected chi connectivity index (χ0v) is 13.7. The summed E-state index contributed by atoms with van der Waals surface area (Å²) in [5.74, 6) is -0.844. The van der Waals surface area contributed by atoms with Crippen LogP contribution < -0.4 is 5.32 Å². The van der Waals surface area contributed by atoms with E-state index in [1.165, 1.54) is 4.88 Å². The molecule has 0 spiro atoms. The van der Waals surface area contributed by atoms with E-state index >= 15 is 0 Å². The van der Waals surface area contributed by atoms with Crippen molar-refractivity contribution in [3.05, 3.63) is 22.4 Å². The summed E-state index contributed by atoms with van der Waals surface area (Å²) in [5, 5.41) is 13.7. The van der Waals surface area contributed by atoms with Gasteiger partial charge in [-0.05, 0) is 24.3 Å². The summed E-state index contributed by atoms with van der Waals surface area (Å²) in [6.45, 7) is 4.34. The van der Waals surface area contributed by atoms with Crippen LogP contribution in [0.5, 0.6) is 0 Å². The van der Waals surface area contributed by atoms with Crippen molar-refractivity contribution in [2.75, 3.05) is 13.6 Å². The van der Waals surface area contributed by atoms with Crippen molar-refractivity contribution in [1.82, 2.24) is 10.2 Å². The van der Waals surface area contributed by atoms with E-state index in [0.717, 1.165) is 12.8 Å². The number of hydrogen-bond acceptors (Lipinski definition) is 3. The number of rotatable bonds is 8. The molecule has 0 radical (unpaired) electrons. The van der Waals surface area contributed by atoms with Gasteiger partial charge >= 0.3 is 12.0 Å². The summed E-state index contributed by atoms with van der Waals surface area (Å²) >= 11 is 1.69. The first kappa shape index (κ1) is 17.5. The Morgan fingerprint density at radius 2 is 2.19 bits per heavy atom. The first-order valence-electron chi connectivity index (χ1n) is 7.18. The first-order valence-corrected chi connectivity index (χ1v) is 8.06. The second-order valence-electron chi connectivity index (χ2n) is 5.30. The van der Waals surface area contributed by atoms with Gasteiger partial charge in [0, 0.05) is 37.4 Å². The number of likely N-dealkylation sites (N-methyl/N-ethyl adjacent to an activating group) is 1. The molecule has 2 atom stereocenters. The number of nitrogens with one attached hydrogen (secondary N) is 1. The van der Waals surface area contributed by atoms with Crippen molar-refractivity contribution in [2.45, 2.75) is 39.2 Å². The van der Waals surface area contributed by atoms with Gasteiger partial charge in [0.2, 0.25) is 0 Å². The monoisotopic (exact) mass is 312 g/mol. The molecule has 2 N–H and O–H groups in total. The van der Waals surface area contributed by atoms with Gasteiger partial charge in [-0.2, -0.15) is 0 Å². The standard InChI is InChI=1S/C15H24N2O3S/c1-4-12(9-14(18)19)10-16-15(20)17(3)11(2)8-13-6-5-7-21-13/h5-7,11-12H,4,8-10H2,1-3H3,(H,16,20)(H,18,19). The highest BCUT2D eigenvalue weighted by atomic mass is 32.1. The predicted molar refractivity (Wildman–Crippen MR) is 84.7 cm³/mol. The molecule has 0 fully saturated rings. The third-order valence-corrected chi connectivity index (χ3v) is 4.54. The lowest BCUT2D eigenvalue weighted by molar-refractivity contribution is -0.138. The molecule has 118 valence electrons. The van der Waals surface area contributed by atoms with Crippen molar-refractivity contribution in [3.8, 4) is 0 Å². The van der Waals surface area contributed by atoms with Crippen LogP contribution in [0.15, 0.2) is 17.5 Å². The van der Waals surface area contributed by atoms with Crippen LogP contribution in [-0.2, 0) is 11.2 Å². The van der Waals surface area contributed by atoms with Crippen molar-refractivity contribution in [3.63, 3.8) is 0 Å². The van der Waals surface area contributed by atoms with Crippen LogP contribution in [0, 0.1) is 5.92 Å². The van der Waals surface area contributed by atoms with Crippen molar-refractivity contribution < 1.29 is 14.7 Å². The maximum absolute atomic E-state index is 12.1. The fourth-order valence-corrected chi connectivity index (χ4v) is 2.85. The fourth-order valence-electron chi connectivity index (χ4n) is 2.02. The molecule has 1 aromatic rings. The Morgan fingerprint density at radius 1 is 1.48 bits per heavy atom. The quantitative estimate of drug-likeness (QED) is 0.775. The number of nitrogens with zero attached hydrogens (tertiary/aromatic N) is 1. The zero-order chi connectivity index (χ0) is 15.8. The number of amides is 2. The Bertz CT molecular complexity index is 448. The van der Waals surface area contributed by atoms with Gasteiger partial charge in [0.05, 0.1) is 0 Å². The topological polar surface area (TPSA) is 69.6 Å². The first-order chi connectivity index (χ1) is 9.93. The van der Waals surface area contributed by atoms with E-state index < -0.39 is 5.97 Å². The maximum atomic E-state index is 12.1. The highest BCUT2D eigenvalue weighted by Crippen LogP contribution is 2.13. The van der Waals surface area contributed by atoms with Gasteiger partial charge in [-0.25, -0.2) is 4.79 Å². The highest BCUT2D eigenvalue weighted by molar-refractivity contribution is 7.09. The molecule has 0 aliphatic rings. The predicted octanol–water partition coefficient (Wildman–Crippen LogP) is 2.82. The smallest absolute Gasteiger partial charge is 0.317 e. The third kappa shape index (κ3) is 6.16. The van der Waals surface area contributed by atoms with Crippen LogP contribution in [-0.4, -0.2) is 41.6 Å². The van der Waals surface area contributed by atoms with Crippen LogP contribution in [0.1, 0.15) is 31.6 Å². The highest BCUT2D eigenvalue weighted by Gasteiger charge is 2.18. The Hall–Kier alpha value is -1.56. The van der Waals surface area contributed by atoms with Crippen molar-refractivity contribution in [2.24, 2.45) is 5.92 Å². The number of hydrogen-bond donors (Lipinski definition) is 2. The molecule has 0 aliphatic heterocycles. The lowest BCUT2D eigenvalue weighted by Gasteiger charge is -2.26. The summed E-state index contributed by atoms with van der Waals surface area (Å²) < 4.78 is 0. The summed E-state index contributed by atoms with van der Waals surface area (Å²) in [7, 11) is 1.77. The van der Waals surface area contributed by atoms with Gasteiger partial charge in [-0.1, -0.05) is 19.4 Å². The van der Waals surface area contributed by atoms with Crippen molar-refractivity contribution >= 4 is 23.3 Å². The largest absolute Gasteiger partial charge is 0.481 e. The van der Waals surface area contributed by atoms with Crippen LogP contribution in [0.4, 0.5) is 4.79 Å². The van der Waals surface area contributed by atoms with Gasteiger partial charge < -0.3 is 15.3 Å². The Balaban J connectivity index is 2.40. The average molecular weight is 312 g/mol. The lowest BCUT2D eigenvalue weighted by Crippen LogP contribution is -2.44. The number of aliphatic carboxylic acids is 1. The Labute approximate surface area is 130 Å². The molecule has 1 heterocycles. The maximum Gasteiger partial charge on any atom is 0.317 e. The summed E-state index contributed by atoms with van der Waals surface area (Å²) in [5.41, 5.74) is 0.